The standard InChI is InChI=1S/C31H28N4O3S/c1-20-28(31(38)35(34(20)3)26-11-5-4-6-12-26)33-29(36)21(2)39-27-17-15-25(16-18-27)32-30(37)24-14-13-22-9-7-8-10-23(22)19-24/h4-19,21H,1-3H3,(H,32,37)(H,33,36). The summed E-state index contributed by atoms with van der Waals surface area (Å²) in [6, 6.07) is 30.2. The van der Waals surface area contributed by atoms with Crippen LogP contribution in [0, 0.1) is 6.92 Å². The molecule has 39 heavy (non-hydrogen) atoms. The molecule has 2 amide bonds. The van der Waals surface area contributed by atoms with E-state index in [1.165, 1.54) is 16.4 Å². The van der Waals surface area contributed by atoms with Crippen LogP contribution in [0.3, 0.4) is 0 Å². The first-order valence-corrected chi connectivity index (χ1v) is 13.4. The third-order valence-corrected chi connectivity index (χ3v) is 7.72. The number of carbonyl (C=O) groups is 2. The zero-order valence-corrected chi connectivity index (χ0v) is 22.7. The largest absolute Gasteiger partial charge is 0.322 e. The Bertz CT molecular complexity index is 1720. The Labute approximate surface area is 230 Å². The molecule has 1 unspecified atom stereocenters. The average Bonchev–Trinajstić information content (AvgIpc) is 3.16. The molecule has 8 heteroatoms. The average molecular weight is 537 g/mol. The van der Waals surface area contributed by atoms with E-state index in [0.29, 0.717) is 16.9 Å². The van der Waals surface area contributed by atoms with Crippen molar-refractivity contribution in [1.29, 1.82) is 0 Å². The van der Waals surface area contributed by atoms with Crippen LogP contribution in [-0.2, 0) is 11.8 Å². The number of anilines is 2. The Balaban J connectivity index is 1.23. The number of fused-ring (bicyclic) bond motifs is 1. The lowest BCUT2D eigenvalue weighted by Crippen LogP contribution is -2.27. The number of amides is 2. The monoisotopic (exact) mass is 536 g/mol. The SMILES string of the molecule is Cc1c(NC(=O)C(C)Sc2ccc(NC(=O)c3ccc4ccccc4c3)cc2)c(=O)n(-c2ccccc2)n1C. The fourth-order valence-electron chi connectivity index (χ4n) is 4.35. The van der Waals surface area contributed by atoms with Crippen molar-refractivity contribution in [3.05, 3.63) is 119 Å². The van der Waals surface area contributed by atoms with Gasteiger partial charge in [0.2, 0.25) is 5.91 Å². The molecule has 0 bridgehead atoms. The van der Waals surface area contributed by atoms with E-state index in [0.717, 1.165) is 21.4 Å². The van der Waals surface area contributed by atoms with Crippen LogP contribution in [0.15, 0.2) is 107 Å². The fourth-order valence-corrected chi connectivity index (χ4v) is 5.21. The number of benzene rings is 4. The van der Waals surface area contributed by atoms with Crippen LogP contribution >= 0.6 is 11.8 Å². The number of thioether (sulfide) groups is 1. The van der Waals surface area contributed by atoms with Gasteiger partial charge < -0.3 is 10.6 Å². The van der Waals surface area contributed by atoms with E-state index in [2.05, 4.69) is 10.6 Å². The van der Waals surface area contributed by atoms with Gasteiger partial charge in [-0.25, -0.2) is 4.68 Å². The third-order valence-electron chi connectivity index (χ3n) is 6.61. The van der Waals surface area contributed by atoms with E-state index in [4.69, 9.17) is 0 Å². The van der Waals surface area contributed by atoms with Crippen LogP contribution in [0.4, 0.5) is 11.4 Å². The number of aromatic nitrogens is 2. The summed E-state index contributed by atoms with van der Waals surface area (Å²) in [4.78, 5) is 39.7. The number of carbonyl (C=O) groups excluding carboxylic acids is 2. The summed E-state index contributed by atoms with van der Waals surface area (Å²) >= 11 is 1.38. The van der Waals surface area contributed by atoms with Crippen molar-refractivity contribution in [2.75, 3.05) is 10.6 Å². The second-order valence-corrected chi connectivity index (χ2v) is 10.6. The molecule has 1 aromatic heterocycles. The molecular weight excluding hydrogens is 508 g/mol. The summed E-state index contributed by atoms with van der Waals surface area (Å²) in [6.45, 7) is 3.60. The predicted octanol–water partition coefficient (Wildman–Crippen LogP) is 6.01. The highest BCUT2D eigenvalue weighted by Gasteiger charge is 2.21. The quantitative estimate of drug-likeness (QED) is 0.250. The maximum Gasteiger partial charge on any atom is 0.295 e. The second kappa shape index (κ2) is 11.0. The van der Waals surface area contributed by atoms with Crippen LogP contribution in [-0.4, -0.2) is 26.4 Å². The number of nitrogens with zero attached hydrogens (tertiary/aromatic N) is 2. The molecule has 4 aromatic carbocycles. The Morgan fingerprint density at radius 3 is 2.21 bits per heavy atom. The first-order chi connectivity index (χ1) is 18.8. The molecule has 2 N–H and O–H groups in total. The number of hydrogen-bond acceptors (Lipinski definition) is 4. The number of para-hydroxylation sites is 1. The van der Waals surface area contributed by atoms with Crippen molar-refractivity contribution in [3.63, 3.8) is 0 Å². The Morgan fingerprint density at radius 1 is 0.821 bits per heavy atom. The molecule has 0 spiro atoms. The van der Waals surface area contributed by atoms with E-state index in [1.54, 1.807) is 25.6 Å². The summed E-state index contributed by atoms with van der Waals surface area (Å²) in [7, 11) is 1.79. The molecule has 0 saturated heterocycles. The van der Waals surface area contributed by atoms with Gasteiger partial charge >= 0.3 is 0 Å². The summed E-state index contributed by atoms with van der Waals surface area (Å²) in [5.41, 5.74) is 2.63. The number of nitrogens with one attached hydrogen (secondary N) is 2. The molecule has 5 rings (SSSR count). The van der Waals surface area contributed by atoms with Crippen molar-refractivity contribution in [2.24, 2.45) is 7.05 Å². The van der Waals surface area contributed by atoms with E-state index < -0.39 is 5.25 Å². The molecule has 196 valence electrons. The van der Waals surface area contributed by atoms with Gasteiger partial charge in [-0.1, -0.05) is 48.5 Å². The van der Waals surface area contributed by atoms with Gasteiger partial charge in [0.1, 0.15) is 5.69 Å². The molecule has 0 aliphatic carbocycles. The Hall–Kier alpha value is -4.56. The summed E-state index contributed by atoms with van der Waals surface area (Å²) < 4.78 is 3.27. The lowest BCUT2D eigenvalue weighted by molar-refractivity contribution is -0.115. The van der Waals surface area contributed by atoms with Gasteiger partial charge in [-0.3, -0.25) is 19.1 Å². The second-order valence-electron chi connectivity index (χ2n) is 9.23. The zero-order valence-electron chi connectivity index (χ0n) is 21.8. The highest BCUT2D eigenvalue weighted by Crippen LogP contribution is 2.26. The Kier molecular flexibility index (Phi) is 7.38. The van der Waals surface area contributed by atoms with Crippen molar-refractivity contribution < 1.29 is 9.59 Å². The van der Waals surface area contributed by atoms with Crippen molar-refractivity contribution in [1.82, 2.24) is 9.36 Å². The van der Waals surface area contributed by atoms with Crippen molar-refractivity contribution in [2.45, 2.75) is 24.0 Å². The maximum absolute atomic E-state index is 13.1. The van der Waals surface area contributed by atoms with E-state index >= 15 is 0 Å². The molecule has 5 aromatic rings. The van der Waals surface area contributed by atoms with Gasteiger partial charge in [-0.05, 0) is 73.2 Å². The van der Waals surface area contributed by atoms with E-state index in [9.17, 15) is 14.4 Å². The molecule has 0 aliphatic heterocycles. The summed E-state index contributed by atoms with van der Waals surface area (Å²) in [5, 5.41) is 7.39. The minimum absolute atomic E-state index is 0.187. The third kappa shape index (κ3) is 5.51. The highest BCUT2D eigenvalue weighted by molar-refractivity contribution is 8.00. The predicted molar refractivity (Wildman–Crippen MR) is 158 cm³/mol. The minimum Gasteiger partial charge on any atom is -0.322 e. The molecular formula is C31H28N4O3S. The first-order valence-electron chi connectivity index (χ1n) is 12.5. The molecule has 0 saturated carbocycles. The summed E-state index contributed by atoms with van der Waals surface area (Å²) in [6.07, 6.45) is 0. The van der Waals surface area contributed by atoms with E-state index in [-0.39, 0.29) is 23.1 Å². The van der Waals surface area contributed by atoms with Gasteiger partial charge in [0.25, 0.3) is 11.5 Å². The van der Waals surface area contributed by atoms with Gasteiger partial charge in [0, 0.05) is 23.2 Å². The van der Waals surface area contributed by atoms with Crippen LogP contribution in [0.2, 0.25) is 0 Å². The molecule has 0 aliphatic rings. The lowest BCUT2D eigenvalue weighted by atomic mass is 10.1. The van der Waals surface area contributed by atoms with Gasteiger partial charge in [-0.15, -0.1) is 11.8 Å². The summed E-state index contributed by atoms with van der Waals surface area (Å²) in [5.74, 6) is -0.451. The molecule has 0 fully saturated rings. The molecule has 1 atom stereocenters. The zero-order chi connectivity index (χ0) is 27.5. The minimum atomic E-state index is -0.452. The topological polar surface area (TPSA) is 85.1 Å². The molecule has 7 nitrogen and oxygen atoms in total. The van der Waals surface area contributed by atoms with Crippen molar-refractivity contribution >= 4 is 45.7 Å². The smallest absolute Gasteiger partial charge is 0.295 e. The van der Waals surface area contributed by atoms with Crippen LogP contribution in [0.25, 0.3) is 16.5 Å². The Morgan fingerprint density at radius 2 is 1.49 bits per heavy atom. The number of rotatable bonds is 7. The van der Waals surface area contributed by atoms with Crippen LogP contribution < -0.4 is 16.2 Å². The van der Waals surface area contributed by atoms with Gasteiger partial charge in [0.15, 0.2) is 0 Å². The normalized spacial score (nSPS) is 11.8. The van der Waals surface area contributed by atoms with Gasteiger partial charge in [-0.2, -0.15) is 0 Å². The number of hydrogen-bond donors (Lipinski definition) is 2. The van der Waals surface area contributed by atoms with Crippen molar-refractivity contribution in [3.8, 4) is 5.69 Å². The van der Waals surface area contributed by atoms with Crippen LogP contribution in [0.5, 0.6) is 0 Å². The molecule has 1 heterocycles. The fraction of sp³-hybridized carbons (Fsp3) is 0.129. The van der Waals surface area contributed by atoms with Crippen LogP contribution in [0.1, 0.15) is 23.0 Å². The molecule has 0 radical (unpaired) electrons. The maximum atomic E-state index is 13.1. The highest BCUT2D eigenvalue weighted by atomic mass is 32.2. The first kappa shape index (κ1) is 26.1. The lowest BCUT2D eigenvalue weighted by Gasteiger charge is -2.12. The van der Waals surface area contributed by atoms with Gasteiger partial charge in [0.05, 0.1) is 16.6 Å². The van der Waals surface area contributed by atoms with E-state index in [1.807, 2.05) is 97.1 Å².